The molecule has 0 spiro atoms. The third-order valence-electron chi connectivity index (χ3n) is 1.59. The van der Waals surface area contributed by atoms with Crippen molar-refractivity contribution in [1.82, 2.24) is 0 Å². The van der Waals surface area contributed by atoms with Crippen LogP contribution in [-0.4, -0.2) is 18.7 Å². The molecule has 0 aromatic carbocycles. The molecule has 3 nitrogen and oxygen atoms in total. The van der Waals surface area contributed by atoms with Gasteiger partial charge in [0.1, 0.15) is 0 Å². The molecule has 67 valence electrons. The van der Waals surface area contributed by atoms with E-state index in [9.17, 15) is 8.42 Å². The van der Waals surface area contributed by atoms with Gasteiger partial charge in [0, 0.05) is 0 Å². The predicted molar refractivity (Wildman–Crippen MR) is 44.8 cm³/mol. The fourth-order valence-electron chi connectivity index (χ4n) is 0.759. The van der Waals surface area contributed by atoms with Gasteiger partial charge in [-0.05, 0) is 18.8 Å². The van der Waals surface area contributed by atoms with Crippen molar-refractivity contribution in [2.24, 2.45) is 5.92 Å². The highest BCUT2D eigenvalue weighted by molar-refractivity contribution is 7.85. The Labute approximate surface area is 68.6 Å². The lowest BCUT2D eigenvalue weighted by molar-refractivity contribution is 0.474. The second-order valence-electron chi connectivity index (χ2n) is 2.70. The van der Waals surface area contributed by atoms with Crippen molar-refractivity contribution in [3.05, 3.63) is 6.92 Å². The van der Waals surface area contributed by atoms with E-state index in [-0.39, 0.29) is 5.75 Å². The largest absolute Gasteiger partial charge is 0.286 e. The fourth-order valence-corrected chi connectivity index (χ4v) is 1.29. The van der Waals surface area contributed by atoms with Crippen LogP contribution in [0.3, 0.4) is 0 Å². The lowest BCUT2D eigenvalue weighted by atomic mass is 10.0. The van der Waals surface area contributed by atoms with Crippen LogP contribution in [0.5, 0.6) is 0 Å². The Morgan fingerprint density at radius 2 is 2.09 bits per heavy atom. The normalized spacial score (nSPS) is 14.8. The standard InChI is InChI=1S/C7H15O3S/c1-3-7(2)5-4-6-11(8,9)10/h7H,2-6H2,1H3,(H,8,9,10). The second kappa shape index (κ2) is 4.72. The second-order valence-corrected chi connectivity index (χ2v) is 4.27. The van der Waals surface area contributed by atoms with Crippen molar-refractivity contribution in [3.63, 3.8) is 0 Å². The Kier molecular flexibility index (Phi) is 4.68. The fraction of sp³-hybridized carbons (Fsp3) is 0.857. The van der Waals surface area contributed by atoms with Crippen LogP contribution in [-0.2, 0) is 10.1 Å². The highest BCUT2D eigenvalue weighted by Crippen LogP contribution is 2.09. The molecule has 0 saturated heterocycles. The minimum absolute atomic E-state index is 0.140. The molecule has 0 aliphatic heterocycles. The van der Waals surface area contributed by atoms with Gasteiger partial charge in [-0.25, -0.2) is 0 Å². The van der Waals surface area contributed by atoms with Crippen LogP contribution < -0.4 is 0 Å². The maximum Gasteiger partial charge on any atom is 0.264 e. The number of hydrogen-bond donors (Lipinski definition) is 1. The van der Waals surface area contributed by atoms with E-state index in [1.165, 1.54) is 0 Å². The summed E-state index contributed by atoms with van der Waals surface area (Å²) < 4.78 is 28.8. The van der Waals surface area contributed by atoms with E-state index >= 15 is 0 Å². The highest BCUT2D eigenvalue weighted by Gasteiger charge is 2.05. The molecule has 11 heavy (non-hydrogen) atoms. The Hall–Kier alpha value is -0.0900. The monoisotopic (exact) mass is 179 g/mol. The first-order valence-corrected chi connectivity index (χ1v) is 5.35. The van der Waals surface area contributed by atoms with Gasteiger partial charge in [0.15, 0.2) is 0 Å². The summed E-state index contributed by atoms with van der Waals surface area (Å²) in [7, 11) is -3.76. The molecule has 0 heterocycles. The van der Waals surface area contributed by atoms with Crippen molar-refractivity contribution >= 4 is 10.1 Å². The lowest BCUT2D eigenvalue weighted by Crippen LogP contribution is -2.05. The molecule has 4 heteroatoms. The molecule has 1 N–H and O–H groups in total. The maximum atomic E-state index is 10.2. The Morgan fingerprint density at radius 1 is 1.55 bits per heavy atom. The van der Waals surface area contributed by atoms with E-state index in [4.69, 9.17) is 4.55 Å². The first-order chi connectivity index (χ1) is 4.95. The van der Waals surface area contributed by atoms with E-state index in [0.29, 0.717) is 12.3 Å². The van der Waals surface area contributed by atoms with Crippen LogP contribution in [0.4, 0.5) is 0 Å². The van der Waals surface area contributed by atoms with E-state index < -0.39 is 10.1 Å². The summed E-state index contributed by atoms with van der Waals surface area (Å²) in [6.45, 7) is 5.80. The molecule has 0 aliphatic carbocycles. The molecule has 0 fully saturated rings. The van der Waals surface area contributed by atoms with Crippen molar-refractivity contribution < 1.29 is 13.0 Å². The minimum atomic E-state index is -3.76. The average molecular weight is 179 g/mol. The lowest BCUT2D eigenvalue weighted by Gasteiger charge is -2.05. The van der Waals surface area contributed by atoms with Crippen LogP contribution >= 0.6 is 0 Å². The van der Waals surface area contributed by atoms with Crippen LogP contribution in [0.25, 0.3) is 0 Å². The van der Waals surface area contributed by atoms with Gasteiger partial charge >= 0.3 is 0 Å². The van der Waals surface area contributed by atoms with Gasteiger partial charge in [-0.2, -0.15) is 8.42 Å². The molecule has 0 rings (SSSR count). The molecule has 1 unspecified atom stereocenters. The summed E-state index contributed by atoms with van der Waals surface area (Å²) in [5.41, 5.74) is 0. The predicted octanol–water partition coefficient (Wildman–Crippen LogP) is 1.51. The molecule has 0 aliphatic rings. The molecular weight excluding hydrogens is 164 g/mol. The Balaban J connectivity index is 3.43. The van der Waals surface area contributed by atoms with E-state index in [1.807, 2.05) is 6.92 Å². The summed E-state index contributed by atoms with van der Waals surface area (Å²) >= 11 is 0. The summed E-state index contributed by atoms with van der Waals surface area (Å²) in [5.74, 6) is 0.163. The third kappa shape index (κ3) is 7.81. The van der Waals surface area contributed by atoms with Crippen molar-refractivity contribution in [2.75, 3.05) is 5.75 Å². The summed E-state index contributed by atoms with van der Waals surface area (Å²) in [6, 6.07) is 0. The van der Waals surface area contributed by atoms with Gasteiger partial charge in [-0.3, -0.25) is 4.55 Å². The van der Waals surface area contributed by atoms with Crippen LogP contribution in [0.15, 0.2) is 0 Å². The molecule has 1 atom stereocenters. The van der Waals surface area contributed by atoms with Crippen LogP contribution in [0.1, 0.15) is 26.2 Å². The van der Waals surface area contributed by atoms with Crippen LogP contribution in [0, 0.1) is 12.8 Å². The van der Waals surface area contributed by atoms with Gasteiger partial charge in [0.25, 0.3) is 10.1 Å². The van der Waals surface area contributed by atoms with Crippen molar-refractivity contribution in [2.45, 2.75) is 26.2 Å². The molecular formula is C7H15O3S. The first kappa shape index (κ1) is 10.9. The SMILES string of the molecule is [CH2]C(CC)CCCS(=O)(=O)O. The summed E-state index contributed by atoms with van der Waals surface area (Å²) in [4.78, 5) is 0. The minimum Gasteiger partial charge on any atom is -0.286 e. The molecule has 0 amide bonds. The first-order valence-electron chi connectivity index (χ1n) is 3.74. The van der Waals surface area contributed by atoms with Gasteiger partial charge in [0.05, 0.1) is 5.75 Å². The third-order valence-corrected chi connectivity index (χ3v) is 2.40. The number of rotatable bonds is 5. The highest BCUT2D eigenvalue weighted by atomic mass is 32.2. The van der Waals surface area contributed by atoms with Crippen molar-refractivity contribution in [3.8, 4) is 0 Å². The zero-order valence-corrected chi connectivity index (χ0v) is 7.60. The summed E-state index contributed by atoms with van der Waals surface area (Å²) in [5, 5.41) is 0. The van der Waals surface area contributed by atoms with E-state index in [0.717, 1.165) is 12.8 Å². The van der Waals surface area contributed by atoms with Gasteiger partial charge in [0.2, 0.25) is 0 Å². The molecule has 0 aromatic heterocycles. The summed E-state index contributed by atoms with van der Waals surface area (Å²) in [6.07, 6.45) is 2.21. The number of hydrogen-bond acceptors (Lipinski definition) is 2. The zero-order valence-electron chi connectivity index (χ0n) is 6.78. The molecule has 0 saturated carbocycles. The van der Waals surface area contributed by atoms with Gasteiger partial charge in [-0.15, -0.1) is 0 Å². The zero-order chi connectivity index (χ0) is 8.91. The van der Waals surface area contributed by atoms with Crippen molar-refractivity contribution in [1.29, 1.82) is 0 Å². The van der Waals surface area contributed by atoms with E-state index in [2.05, 4.69) is 6.92 Å². The van der Waals surface area contributed by atoms with Gasteiger partial charge < -0.3 is 0 Å². The van der Waals surface area contributed by atoms with E-state index in [1.54, 1.807) is 0 Å². The molecule has 0 aromatic rings. The quantitative estimate of drug-likeness (QED) is 0.651. The Bertz CT molecular complexity index is 184. The topological polar surface area (TPSA) is 54.4 Å². The van der Waals surface area contributed by atoms with Gasteiger partial charge in [-0.1, -0.05) is 20.3 Å². The molecule has 0 bridgehead atoms. The maximum absolute atomic E-state index is 10.2. The average Bonchev–Trinajstić information content (AvgIpc) is 1.85. The molecule has 1 radical (unpaired) electrons. The smallest absolute Gasteiger partial charge is 0.264 e. The van der Waals surface area contributed by atoms with Crippen LogP contribution in [0.2, 0.25) is 0 Å². The Morgan fingerprint density at radius 3 is 2.45 bits per heavy atom.